The van der Waals surface area contributed by atoms with Crippen molar-refractivity contribution in [3.8, 4) is 0 Å². The van der Waals surface area contributed by atoms with Gasteiger partial charge in [0.15, 0.2) is 18.9 Å². The molecule has 0 amide bonds. The van der Waals surface area contributed by atoms with Gasteiger partial charge in [0.2, 0.25) is 0 Å². The van der Waals surface area contributed by atoms with E-state index in [4.69, 9.17) is 4.74 Å². The fraction of sp³-hybridized carbons (Fsp3) is 0.364. The SMILES string of the molecule is O=C(CC[n+]1ccccc1)OCCn1cnnn1.[Br-]. The van der Waals surface area contributed by atoms with Crippen LogP contribution >= 0.6 is 0 Å². The van der Waals surface area contributed by atoms with Crippen molar-refractivity contribution in [2.24, 2.45) is 0 Å². The number of tetrazole rings is 1. The van der Waals surface area contributed by atoms with Gasteiger partial charge in [-0.05, 0) is 10.4 Å². The van der Waals surface area contributed by atoms with Gasteiger partial charge in [0, 0.05) is 12.1 Å². The maximum atomic E-state index is 11.4. The van der Waals surface area contributed by atoms with Crippen molar-refractivity contribution in [1.82, 2.24) is 20.2 Å². The van der Waals surface area contributed by atoms with Gasteiger partial charge in [-0.1, -0.05) is 6.07 Å². The number of nitrogens with zero attached hydrogens (tertiary/aromatic N) is 5. The number of hydrogen-bond donors (Lipinski definition) is 0. The summed E-state index contributed by atoms with van der Waals surface area (Å²) in [5.74, 6) is -0.223. The molecule has 0 aliphatic carbocycles. The Labute approximate surface area is 121 Å². The smallest absolute Gasteiger partial charge is 0.312 e. The minimum absolute atomic E-state index is 0. The number of rotatable bonds is 6. The normalized spacial score (nSPS) is 9.68. The summed E-state index contributed by atoms with van der Waals surface area (Å²) < 4.78 is 8.51. The van der Waals surface area contributed by atoms with Crippen LogP contribution in [0.2, 0.25) is 0 Å². The van der Waals surface area contributed by atoms with Crippen LogP contribution in [0.15, 0.2) is 36.9 Å². The van der Waals surface area contributed by atoms with Crippen molar-refractivity contribution in [2.45, 2.75) is 19.5 Å². The minimum atomic E-state index is -0.223. The number of esters is 1. The van der Waals surface area contributed by atoms with Gasteiger partial charge in [-0.15, -0.1) is 5.10 Å². The lowest BCUT2D eigenvalue weighted by Crippen LogP contribution is -3.00. The molecule has 0 N–H and O–H groups in total. The van der Waals surface area contributed by atoms with E-state index in [0.717, 1.165) is 0 Å². The Kier molecular flexibility index (Phi) is 6.65. The molecular weight excluding hydrogens is 314 g/mol. The number of carbonyl (C=O) groups is 1. The minimum Gasteiger partial charge on any atom is -1.00 e. The molecule has 0 aliphatic heterocycles. The van der Waals surface area contributed by atoms with E-state index in [2.05, 4.69) is 15.5 Å². The second-order valence-electron chi connectivity index (χ2n) is 3.66. The van der Waals surface area contributed by atoms with Crippen molar-refractivity contribution in [3.63, 3.8) is 0 Å². The van der Waals surface area contributed by atoms with Crippen molar-refractivity contribution >= 4 is 5.97 Å². The van der Waals surface area contributed by atoms with Gasteiger partial charge in [0.1, 0.15) is 19.4 Å². The quantitative estimate of drug-likeness (QED) is 0.408. The van der Waals surface area contributed by atoms with Crippen molar-refractivity contribution < 1.29 is 31.1 Å². The molecule has 2 aromatic rings. The fourth-order valence-electron chi connectivity index (χ4n) is 1.41. The maximum absolute atomic E-state index is 11.4. The zero-order valence-electron chi connectivity index (χ0n) is 10.2. The van der Waals surface area contributed by atoms with Crippen LogP contribution in [0.1, 0.15) is 6.42 Å². The topological polar surface area (TPSA) is 73.8 Å². The van der Waals surface area contributed by atoms with Crippen LogP contribution in [0.4, 0.5) is 0 Å². The molecule has 2 heterocycles. The molecule has 19 heavy (non-hydrogen) atoms. The predicted octanol–water partition coefficient (Wildman–Crippen LogP) is -3.40. The molecule has 0 spiro atoms. The van der Waals surface area contributed by atoms with Gasteiger partial charge in [-0.25, -0.2) is 9.25 Å². The van der Waals surface area contributed by atoms with Gasteiger partial charge < -0.3 is 21.7 Å². The van der Waals surface area contributed by atoms with E-state index in [1.165, 1.54) is 11.0 Å². The van der Waals surface area contributed by atoms with E-state index in [1.807, 2.05) is 35.2 Å². The molecule has 0 saturated heterocycles. The van der Waals surface area contributed by atoms with E-state index in [9.17, 15) is 4.79 Å². The number of halogens is 1. The van der Waals surface area contributed by atoms with Crippen LogP contribution in [0.25, 0.3) is 0 Å². The highest BCUT2D eigenvalue weighted by Gasteiger charge is 2.07. The van der Waals surface area contributed by atoms with Crippen molar-refractivity contribution in [1.29, 1.82) is 0 Å². The first kappa shape index (κ1) is 15.2. The maximum Gasteiger partial charge on any atom is 0.312 e. The van der Waals surface area contributed by atoms with Crippen molar-refractivity contribution in [2.75, 3.05) is 6.61 Å². The lowest BCUT2D eigenvalue weighted by atomic mass is 10.4. The first-order valence-electron chi connectivity index (χ1n) is 5.65. The number of aryl methyl sites for hydroxylation is 1. The van der Waals surface area contributed by atoms with Gasteiger partial charge in [-0.3, -0.25) is 4.79 Å². The summed E-state index contributed by atoms with van der Waals surface area (Å²) in [6.45, 7) is 1.37. The molecule has 2 rings (SSSR count). The molecule has 0 fully saturated rings. The average Bonchev–Trinajstić information content (AvgIpc) is 2.91. The first-order valence-corrected chi connectivity index (χ1v) is 5.65. The van der Waals surface area contributed by atoms with E-state index < -0.39 is 0 Å². The molecule has 0 bridgehead atoms. The van der Waals surface area contributed by atoms with Gasteiger partial charge in [-0.2, -0.15) is 0 Å². The molecule has 0 radical (unpaired) electrons. The number of aromatic nitrogens is 5. The predicted molar refractivity (Wildman–Crippen MR) is 60.0 cm³/mol. The van der Waals surface area contributed by atoms with Crippen molar-refractivity contribution in [3.05, 3.63) is 36.9 Å². The first-order chi connectivity index (χ1) is 8.84. The monoisotopic (exact) mass is 327 g/mol. The highest BCUT2D eigenvalue weighted by molar-refractivity contribution is 5.68. The summed E-state index contributed by atoms with van der Waals surface area (Å²) in [5, 5.41) is 10.6. The number of ether oxygens (including phenoxy) is 1. The summed E-state index contributed by atoms with van der Waals surface area (Å²) in [4.78, 5) is 11.4. The molecule has 8 heteroatoms. The molecule has 0 atom stereocenters. The molecule has 0 aliphatic rings. The van der Waals surface area contributed by atoms with E-state index in [1.54, 1.807) is 0 Å². The third-order valence-electron chi connectivity index (χ3n) is 2.33. The number of carbonyl (C=O) groups excluding carboxylic acids is 1. The summed E-state index contributed by atoms with van der Waals surface area (Å²) in [7, 11) is 0. The molecule has 7 nitrogen and oxygen atoms in total. The third-order valence-corrected chi connectivity index (χ3v) is 2.33. The highest BCUT2D eigenvalue weighted by atomic mass is 79.9. The van der Waals surface area contributed by atoms with Crippen LogP contribution in [-0.4, -0.2) is 32.8 Å². The summed E-state index contributed by atoms with van der Waals surface area (Å²) in [5.41, 5.74) is 0. The van der Waals surface area contributed by atoms with Crippen LogP contribution in [0, 0.1) is 0 Å². The molecule has 2 aromatic heterocycles. The van der Waals surface area contributed by atoms with Crippen LogP contribution in [0.3, 0.4) is 0 Å². The summed E-state index contributed by atoms with van der Waals surface area (Å²) >= 11 is 0. The summed E-state index contributed by atoms with van der Waals surface area (Å²) in [6, 6.07) is 5.77. The van der Waals surface area contributed by atoms with E-state index in [-0.39, 0.29) is 29.6 Å². The molecular formula is C11H14BrN5O2. The van der Waals surface area contributed by atoms with E-state index >= 15 is 0 Å². The molecule has 102 valence electrons. The second-order valence-corrected chi connectivity index (χ2v) is 3.66. The van der Waals surface area contributed by atoms with Crippen LogP contribution in [0.5, 0.6) is 0 Å². The lowest BCUT2D eigenvalue weighted by Gasteiger charge is -2.02. The molecule has 0 saturated carbocycles. The van der Waals surface area contributed by atoms with Gasteiger partial charge >= 0.3 is 5.97 Å². The highest BCUT2D eigenvalue weighted by Crippen LogP contribution is 1.89. The average molecular weight is 328 g/mol. The largest absolute Gasteiger partial charge is 1.00 e. The second kappa shape index (κ2) is 8.30. The Morgan fingerprint density at radius 1 is 1.26 bits per heavy atom. The number of pyridine rings is 1. The third kappa shape index (κ3) is 5.56. The summed E-state index contributed by atoms with van der Waals surface area (Å²) in [6.07, 6.45) is 5.65. The Bertz CT molecular complexity index is 477. The van der Waals surface area contributed by atoms with Gasteiger partial charge in [0.25, 0.3) is 0 Å². The standard InChI is InChI=1S/C11H14N5O2.BrH/c17-11(4-7-15-5-2-1-3-6-15)18-9-8-16-10-12-13-14-16;/h1-3,5-6,10H,4,7-9H2;1H/q+1;/p-1. The Balaban J connectivity index is 0.00000180. The Morgan fingerprint density at radius 3 is 2.74 bits per heavy atom. The number of hydrogen-bond acceptors (Lipinski definition) is 5. The van der Waals surface area contributed by atoms with Gasteiger partial charge in [0.05, 0.1) is 6.54 Å². The molecule has 0 unspecified atom stereocenters. The zero-order chi connectivity index (χ0) is 12.6. The zero-order valence-corrected chi connectivity index (χ0v) is 11.8. The van der Waals surface area contributed by atoms with Crippen LogP contribution < -0.4 is 21.5 Å². The molecule has 0 aromatic carbocycles. The van der Waals surface area contributed by atoms with Crippen LogP contribution in [-0.2, 0) is 22.6 Å². The Morgan fingerprint density at radius 2 is 2.05 bits per heavy atom. The van der Waals surface area contributed by atoms with E-state index in [0.29, 0.717) is 19.5 Å². The lowest BCUT2D eigenvalue weighted by molar-refractivity contribution is -0.696. The Hall–Kier alpha value is -1.83. The fourth-order valence-corrected chi connectivity index (χ4v) is 1.41.